The summed E-state index contributed by atoms with van der Waals surface area (Å²) in [4.78, 5) is 20.8. The van der Waals surface area contributed by atoms with Crippen LogP contribution >= 0.6 is 11.3 Å². The van der Waals surface area contributed by atoms with E-state index in [-0.39, 0.29) is 5.91 Å². The minimum atomic E-state index is 0.0128. The average Bonchev–Trinajstić information content (AvgIpc) is 3.30. The van der Waals surface area contributed by atoms with Gasteiger partial charge in [-0.15, -0.1) is 0 Å². The van der Waals surface area contributed by atoms with Crippen LogP contribution in [0.15, 0.2) is 67.0 Å². The van der Waals surface area contributed by atoms with Crippen LogP contribution < -0.4 is 5.32 Å². The fraction of sp³-hybridized carbons (Fsp3) is 0.143. The summed E-state index contributed by atoms with van der Waals surface area (Å²) in [5.41, 5.74) is 3.52. The molecule has 0 spiro atoms. The summed E-state index contributed by atoms with van der Waals surface area (Å²) in [6.45, 7) is 0. The zero-order valence-electron chi connectivity index (χ0n) is 14.2. The number of H-pyrrole nitrogens is 1. The lowest BCUT2D eigenvalue weighted by atomic mass is 10.1. The van der Waals surface area contributed by atoms with Crippen molar-refractivity contribution in [1.29, 1.82) is 0 Å². The molecular formula is C21H19N3OS. The number of anilines is 1. The minimum Gasteiger partial charge on any atom is -0.361 e. The number of thiazole rings is 1. The number of benzene rings is 2. The van der Waals surface area contributed by atoms with Gasteiger partial charge in [0.15, 0.2) is 5.13 Å². The topological polar surface area (TPSA) is 57.8 Å². The fourth-order valence-electron chi connectivity index (χ4n) is 3.03. The molecule has 130 valence electrons. The van der Waals surface area contributed by atoms with Crippen molar-refractivity contribution in [1.82, 2.24) is 9.97 Å². The summed E-state index contributed by atoms with van der Waals surface area (Å²) in [6.07, 6.45) is 6.02. The maximum Gasteiger partial charge on any atom is 0.226 e. The Labute approximate surface area is 155 Å². The largest absolute Gasteiger partial charge is 0.361 e. The van der Waals surface area contributed by atoms with E-state index in [9.17, 15) is 4.79 Å². The summed E-state index contributed by atoms with van der Waals surface area (Å²) >= 11 is 1.50. The minimum absolute atomic E-state index is 0.0128. The molecule has 4 aromatic rings. The second-order valence-electron chi connectivity index (χ2n) is 6.16. The number of rotatable bonds is 6. The number of nitrogens with one attached hydrogen (secondary N) is 2. The van der Waals surface area contributed by atoms with Gasteiger partial charge in [-0.1, -0.05) is 59.9 Å². The van der Waals surface area contributed by atoms with Crippen LogP contribution in [-0.2, 0) is 11.2 Å². The quantitative estimate of drug-likeness (QED) is 0.492. The summed E-state index contributed by atoms with van der Waals surface area (Å²) in [5.74, 6) is 0.0128. The van der Waals surface area contributed by atoms with Crippen LogP contribution in [0.1, 0.15) is 18.4 Å². The van der Waals surface area contributed by atoms with Gasteiger partial charge in [-0.05, 0) is 30.0 Å². The predicted octanol–water partition coefficient (Wildman–Crippen LogP) is 5.25. The lowest BCUT2D eigenvalue weighted by molar-refractivity contribution is -0.116. The fourth-order valence-corrected chi connectivity index (χ4v) is 3.87. The van der Waals surface area contributed by atoms with Crippen LogP contribution in [0.2, 0.25) is 0 Å². The smallest absolute Gasteiger partial charge is 0.226 e. The van der Waals surface area contributed by atoms with Crippen LogP contribution in [-0.4, -0.2) is 15.9 Å². The molecule has 0 atom stereocenters. The van der Waals surface area contributed by atoms with E-state index in [4.69, 9.17) is 0 Å². The highest BCUT2D eigenvalue weighted by atomic mass is 32.1. The van der Waals surface area contributed by atoms with Gasteiger partial charge in [-0.3, -0.25) is 4.79 Å². The van der Waals surface area contributed by atoms with Crippen molar-refractivity contribution in [2.45, 2.75) is 19.3 Å². The van der Waals surface area contributed by atoms with E-state index >= 15 is 0 Å². The number of fused-ring (bicyclic) bond motifs is 1. The van der Waals surface area contributed by atoms with Crippen molar-refractivity contribution in [3.63, 3.8) is 0 Å². The third-order valence-corrected chi connectivity index (χ3v) is 5.30. The van der Waals surface area contributed by atoms with E-state index in [0.717, 1.165) is 28.8 Å². The van der Waals surface area contributed by atoms with E-state index in [1.165, 1.54) is 22.3 Å². The third kappa shape index (κ3) is 3.68. The Kier molecular flexibility index (Phi) is 4.80. The average molecular weight is 361 g/mol. The third-order valence-electron chi connectivity index (χ3n) is 4.34. The van der Waals surface area contributed by atoms with Crippen LogP contribution in [0.5, 0.6) is 0 Å². The van der Waals surface area contributed by atoms with Gasteiger partial charge in [0, 0.05) is 29.7 Å². The van der Waals surface area contributed by atoms with E-state index in [1.54, 1.807) is 0 Å². The lowest BCUT2D eigenvalue weighted by Gasteiger charge is -2.02. The van der Waals surface area contributed by atoms with Crippen molar-refractivity contribution >= 4 is 33.3 Å². The molecular weight excluding hydrogens is 342 g/mol. The molecule has 0 radical (unpaired) electrons. The van der Waals surface area contributed by atoms with Gasteiger partial charge in [-0.2, -0.15) is 0 Å². The Morgan fingerprint density at radius 1 is 1.08 bits per heavy atom. The number of aryl methyl sites for hydroxylation is 1. The number of hydrogen-bond donors (Lipinski definition) is 2. The monoisotopic (exact) mass is 361 g/mol. The number of nitrogens with zero attached hydrogens (tertiary/aromatic N) is 1. The van der Waals surface area contributed by atoms with E-state index in [0.29, 0.717) is 11.6 Å². The molecule has 0 fully saturated rings. The maximum atomic E-state index is 12.2. The van der Waals surface area contributed by atoms with E-state index < -0.39 is 0 Å². The Balaban J connectivity index is 1.31. The van der Waals surface area contributed by atoms with Crippen molar-refractivity contribution in [2.24, 2.45) is 0 Å². The highest BCUT2D eigenvalue weighted by Gasteiger charge is 2.09. The van der Waals surface area contributed by atoms with Gasteiger partial charge in [0.25, 0.3) is 0 Å². The predicted molar refractivity (Wildman–Crippen MR) is 107 cm³/mol. The molecule has 2 aromatic carbocycles. The first-order chi connectivity index (χ1) is 12.8. The van der Waals surface area contributed by atoms with Crippen LogP contribution in [0.4, 0.5) is 5.13 Å². The Hall–Kier alpha value is -2.92. The summed E-state index contributed by atoms with van der Waals surface area (Å²) in [7, 11) is 0. The molecule has 0 aliphatic heterocycles. The Bertz CT molecular complexity index is 1020. The van der Waals surface area contributed by atoms with Gasteiger partial charge < -0.3 is 10.3 Å². The molecule has 0 saturated carbocycles. The van der Waals surface area contributed by atoms with Crippen LogP contribution in [0.3, 0.4) is 0 Å². The van der Waals surface area contributed by atoms with Gasteiger partial charge in [0.2, 0.25) is 5.91 Å². The first-order valence-electron chi connectivity index (χ1n) is 8.66. The van der Waals surface area contributed by atoms with Crippen molar-refractivity contribution < 1.29 is 4.79 Å². The molecule has 0 unspecified atom stereocenters. The number of carbonyl (C=O) groups excluding carboxylic acids is 1. The zero-order chi connectivity index (χ0) is 17.8. The molecule has 2 N–H and O–H groups in total. The number of aromatic nitrogens is 2. The number of para-hydroxylation sites is 1. The van der Waals surface area contributed by atoms with Crippen molar-refractivity contribution in [2.75, 3.05) is 5.32 Å². The Morgan fingerprint density at radius 3 is 2.77 bits per heavy atom. The van der Waals surface area contributed by atoms with Gasteiger partial charge in [0.05, 0.1) is 4.88 Å². The molecule has 1 amide bonds. The van der Waals surface area contributed by atoms with E-state index in [2.05, 4.69) is 27.4 Å². The SMILES string of the molecule is O=C(CCCc1c[nH]c2ccccc12)Nc1ncc(-c2ccccc2)s1. The number of amides is 1. The molecule has 2 heterocycles. The first-order valence-corrected chi connectivity index (χ1v) is 9.47. The van der Waals surface area contributed by atoms with Gasteiger partial charge in [-0.25, -0.2) is 4.98 Å². The molecule has 0 saturated heterocycles. The lowest BCUT2D eigenvalue weighted by Crippen LogP contribution is -2.11. The zero-order valence-corrected chi connectivity index (χ0v) is 15.1. The van der Waals surface area contributed by atoms with Gasteiger partial charge >= 0.3 is 0 Å². The summed E-state index contributed by atoms with van der Waals surface area (Å²) in [5, 5.41) is 4.80. The molecule has 0 aliphatic rings. The van der Waals surface area contributed by atoms with Gasteiger partial charge in [0.1, 0.15) is 0 Å². The van der Waals surface area contributed by atoms with Crippen molar-refractivity contribution in [3.8, 4) is 10.4 Å². The second-order valence-corrected chi connectivity index (χ2v) is 7.19. The molecule has 4 rings (SSSR count). The number of aromatic amines is 1. The summed E-state index contributed by atoms with van der Waals surface area (Å²) in [6, 6.07) is 18.3. The highest BCUT2D eigenvalue weighted by Crippen LogP contribution is 2.28. The number of hydrogen-bond acceptors (Lipinski definition) is 3. The maximum absolute atomic E-state index is 12.2. The molecule has 0 bridgehead atoms. The molecule has 26 heavy (non-hydrogen) atoms. The molecule has 2 aromatic heterocycles. The molecule has 0 aliphatic carbocycles. The van der Waals surface area contributed by atoms with Crippen LogP contribution in [0, 0.1) is 0 Å². The second kappa shape index (κ2) is 7.54. The normalized spacial score (nSPS) is 10.9. The molecule has 5 heteroatoms. The standard InChI is InChI=1S/C21H19N3OS/c25-20(12-6-9-16-13-22-18-11-5-4-10-17(16)18)24-21-23-14-19(26-21)15-7-2-1-3-8-15/h1-5,7-8,10-11,13-14,22H,6,9,12H2,(H,23,24,25). The van der Waals surface area contributed by atoms with Crippen LogP contribution in [0.25, 0.3) is 21.3 Å². The van der Waals surface area contributed by atoms with Crippen molar-refractivity contribution in [3.05, 3.63) is 72.6 Å². The van der Waals surface area contributed by atoms with E-state index in [1.807, 2.05) is 54.9 Å². The summed E-state index contributed by atoms with van der Waals surface area (Å²) < 4.78 is 0. The highest BCUT2D eigenvalue weighted by molar-refractivity contribution is 7.19. The Morgan fingerprint density at radius 2 is 1.88 bits per heavy atom. The first kappa shape index (κ1) is 16.5. The number of carbonyl (C=O) groups is 1. The molecule has 4 nitrogen and oxygen atoms in total.